The lowest BCUT2D eigenvalue weighted by atomic mass is 9.79. The van der Waals surface area contributed by atoms with Crippen molar-refractivity contribution in [3.63, 3.8) is 0 Å². The zero-order valence-electron chi connectivity index (χ0n) is 14.0. The number of nitrogens with zero attached hydrogens (tertiary/aromatic N) is 1. The summed E-state index contributed by atoms with van der Waals surface area (Å²) in [6.07, 6.45) is 3.55. The number of primary amides is 1. The molecule has 2 aliphatic rings. The monoisotopic (exact) mass is 352 g/mol. The smallest absolute Gasteiger partial charge is 0.404 e. The van der Waals surface area contributed by atoms with Crippen LogP contribution in [0.3, 0.4) is 0 Å². The third kappa shape index (κ3) is 4.33. The molecule has 2 N–H and O–H groups in total. The number of rotatable bonds is 6. The summed E-state index contributed by atoms with van der Waals surface area (Å²) >= 11 is 6.41. The Bertz CT molecular complexity index is 584. The van der Waals surface area contributed by atoms with Crippen molar-refractivity contribution in [2.45, 2.75) is 51.4 Å². The molecule has 0 radical (unpaired) electrons. The van der Waals surface area contributed by atoms with Gasteiger partial charge in [0.05, 0.1) is 6.10 Å². The number of carbonyl (C=O) groups is 1. The van der Waals surface area contributed by atoms with Crippen molar-refractivity contribution in [2.75, 3.05) is 13.1 Å². The molecular formula is C18H25ClN2O3. The molecule has 0 spiro atoms. The van der Waals surface area contributed by atoms with Crippen LogP contribution in [0.1, 0.15) is 38.2 Å². The molecule has 24 heavy (non-hydrogen) atoms. The molecule has 5 nitrogen and oxygen atoms in total. The molecule has 6 heteroatoms. The number of hydrogen-bond donors (Lipinski definition) is 1. The Morgan fingerprint density at radius 3 is 2.71 bits per heavy atom. The van der Waals surface area contributed by atoms with Gasteiger partial charge < -0.3 is 15.2 Å². The fourth-order valence-corrected chi connectivity index (χ4v) is 3.70. The molecule has 1 amide bonds. The third-order valence-electron chi connectivity index (χ3n) is 5.02. The lowest BCUT2D eigenvalue weighted by Crippen LogP contribution is -2.41. The van der Waals surface area contributed by atoms with Crippen LogP contribution in [-0.2, 0) is 11.3 Å². The predicted molar refractivity (Wildman–Crippen MR) is 93.2 cm³/mol. The Balaban J connectivity index is 1.48. The molecule has 1 heterocycles. The maximum Gasteiger partial charge on any atom is 0.404 e. The van der Waals surface area contributed by atoms with Crippen LogP contribution in [0.15, 0.2) is 18.2 Å². The first kappa shape index (κ1) is 17.4. The molecule has 1 aromatic carbocycles. The van der Waals surface area contributed by atoms with Crippen molar-refractivity contribution < 1.29 is 14.3 Å². The van der Waals surface area contributed by atoms with Crippen LogP contribution >= 0.6 is 11.6 Å². The van der Waals surface area contributed by atoms with Crippen LogP contribution in [0, 0.1) is 5.92 Å². The van der Waals surface area contributed by atoms with Gasteiger partial charge in [-0.15, -0.1) is 0 Å². The zero-order valence-corrected chi connectivity index (χ0v) is 14.8. The lowest BCUT2D eigenvalue weighted by molar-refractivity contribution is -0.0137. The molecule has 0 aromatic heterocycles. The maximum atomic E-state index is 10.8. The van der Waals surface area contributed by atoms with E-state index in [0.29, 0.717) is 5.92 Å². The Kier molecular flexibility index (Phi) is 5.51. The SMILES string of the molecule is CC(OC(N)=O)C1CC(Oc2ccc(CN3CCCC3)c(Cl)c2)C1. The van der Waals surface area contributed by atoms with Gasteiger partial charge in [0.25, 0.3) is 0 Å². The minimum atomic E-state index is -0.716. The van der Waals surface area contributed by atoms with E-state index < -0.39 is 6.09 Å². The molecule has 1 aliphatic carbocycles. The van der Waals surface area contributed by atoms with E-state index in [0.717, 1.165) is 48.8 Å². The van der Waals surface area contributed by atoms with Gasteiger partial charge in [-0.1, -0.05) is 17.7 Å². The number of nitrogens with two attached hydrogens (primary N) is 1. The largest absolute Gasteiger partial charge is 0.490 e. The minimum Gasteiger partial charge on any atom is -0.490 e. The molecule has 1 unspecified atom stereocenters. The molecule has 1 saturated carbocycles. The van der Waals surface area contributed by atoms with E-state index >= 15 is 0 Å². The normalized spacial score (nSPS) is 25.1. The minimum absolute atomic E-state index is 0.148. The number of carbonyl (C=O) groups excluding carboxylic acids is 1. The number of likely N-dealkylation sites (tertiary alicyclic amines) is 1. The molecule has 1 aromatic rings. The van der Waals surface area contributed by atoms with Gasteiger partial charge in [0.1, 0.15) is 11.9 Å². The van der Waals surface area contributed by atoms with Crippen molar-refractivity contribution in [3.05, 3.63) is 28.8 Å². The number of amides is 1. The van der Waals surface area contributed by atoms with Gasteiger partial charge in [0, 0.05) is 17.5 Å². The second-order valence-corrected chi connectivity index (χ2v) is 7.26. The van der Waals surface area contributed by atoms with Crippen LogP contribution < -0.4 is 10.5 Å². The first-order chi connectivity index (χ1) is 11.5. The van der Waals surface area contributed by atoms with Gasteiger partial charge in [0.2, 0.25) is 0 Å². The fraction of sp³-hybridized carbons (Fsp3) is 0.611. The van der Waals surface area contributed by atoms with Crippen molar-refractivity contribution in [2.24, 2.45) is 11.7 Å². The van der Waals surface area contributed by atoms with Crippen LogP contribution in [-0.4, -0.2) is 36.3 Å². The van der Waals surface area contributed by atoms with Gasteiger partial charge in [-0.05, 0) is 63.4 Å². The van der Waals surface area contributed by atoms with Crippen molar-refractivity contribution in [1.29, 1.82) is 0 Å². The molecule has 132 valence electrons. The Morgan fingerprint density at radius 2 is 2.08 bits per heavy atom. The summed E-state index contributed by atoms with van der Waals surface area (Å²) in [4.78, 5) is 13.2. The number of hydrogen-bond acceptors (Lipinski definition) is 4. The summed E-state index contributed by atoms with van der Waals surface area (Å²) in [5.74, 6) is 1.12. The van der Waals surface area contributed by atoms with Crippen LogP contribution in [0.4, 0.5) is 4.79 Å². The van der Waals surface area contributed by atoms with E-state index in [4.69, 9.17) is 26.8 Å². The highest BCUT2D eigenvalue weighted by molar-refractivity contribution is 6.31. The second kappa shape index (κ2) is 7.62. The zero-order chi connectivity index (χ0) is 17.1. The molecule has 1 aliphatic heterocycles. The first-order valence-electron chi connectivity index (χ1n) is 8.65. The highest BCUT2D eigenvalue weighted by atomic mass is 35.5. The molecular weight excluding hydrogens is 328 g/mol. The van der Waals surface area contributed by atoms with Crippen LogP contribution in [0.25, 0.3) is 0 Å². The fourth-order valence-electron chi connectivity index (χ4n) is 3.47. The van der Waals surface area contributed by atoms with E-state index in [-0.39, 0.29) is 12.2 Å². The summed E-state index contributed by atoms with van der Waals surface area (Å²) < 4.78 is 11.0. The van der Waals surface area contributed by atoms with Crippen LogP contribution in [0.2, 0.25) is 5.02 Å². The van der Waals surface area contributed by atoms with E-state index in [1.807, 2.05) is 19.1 Å². The highest BCUT2D eigenvalue weighted by Crippen LogP contribution is 2.36. The number of ether oxygens (including phenoxy) is 2. The van der Waals surface area contributed by atoms with Gasteiger partial charge in [-0.2, -0.15) is 0 Å². The van der Waals surface area contributed by atoms with Crippen molar-refractivity contribution in [1.82, 2.24) is 4.90 Å². The topological polar surface area (TPSA) is 64.8 Å². The molecule has 2 fully saturated rings. The Hall–Kier alpha value is -1.46. The molecule has 1 atom stereocenters. The van der Waals surface area contributed by atoms with Gasteiger partial charge in [-0.3, -0.25) is 4.90 Å². The van der Waals surface area contributed by atoms with Gasteiger partial charge in [-0.25, -0.2) is 4.79 Å². The number of halogens is 1. The van der Waals surface area contributed by atoms with Crippen LogP contribution in [0.5, 0.6) is 5.75 Å². The summed E-state index contributed by atoms with van der Waals surface area (Å²) in [7, 11) is 0. The molecule has 0 bridgehead atoms. The third-order valence-corrected chi connectivity index (χ3v) is 5.37. The summed E-state index contributed by atoms with van der Waals surface area (Å²) in [6.45, 7) is 5.09. The van der Waals surface area contributed by atoms with Crippen molar-refractivity contribution >= 4 is 17.7 Å². The predicted octanol–water partition coefficient (Wildman–Crippen LogP) is 3.58. The molecule has 3 rings (SSSR count). The first-order valence-corrected chi connectivity index (χ1v) is 9.02. The van der Waals surface area contributed by atoms with Crippen molar-refractivity contribution in [3.8, 4) is 5.75 Å². The van der Waals surface area contributed by atoms with Gasteiger partial charge in [0.15, 0.2) is 0 Å². The number of benzene rings is 1. The van der Waals surface area contributed by atoms with E-state index in [2.05, 4.69) is 11.0 Å². The average molecular weight is 353 g/mol. The highest BCUT2D eigenvalue weighted by Gasteiger charge is 2.36. The van der Waals surface area contributed by atoms with E-state index in [1.165, 1.54) is 12.8 Å². The second-order valence-electron chi connectivity index (χ2n) is 6.85. The summed E-state index contributed by atoms with van der Waals surface area (Å²) in [5, 5.41) is 0.765. The standard InChI is InChI=1S/C18H25ClN2O3/c1-12(23-18(20)22)14-8-16(9-14)24-15-5-4-13(17(19)10-15)11-21-6-2-3-7-21/h4-5,10,12,14,16H,2-3,6-9,11H2,1H3,(H2,20,22). The maximum absolute atomic E-state index is 10.8. The Labute approximate surface area is 148 Å². The lowest BCUT2D eigenvalue weighted by Gasteiger charge is -2.38. The van der Waals surface area contributed by atoms with Gasteiger partial charge >= 0.3 is 6.09 Å². The van der Waals surface area contributed by atoms with E-state index in [9.17, 15) is 4.79 Å². The Morgan fingerprint density at radius 1 is 1.38 bits per heavy atom. The van der Waals surface area contributed by atoms with E-state index in [1.54, 1.807) is 0 Å². The summed E-state index contributed by atoms with van der Waals surface area (Å²) in [6, 6.07) is 5.96. The molecule has 1 saturated heterocycles. The average Bonchev–Trinajstić information content (AvgIpc) is 2.97. The summed E-state index contributed by atoms with van der Waals surface area (Å²) in [5.41, 5.74) is 6.20. The quantitative estimate of drug-likeness (QED) is 0.849.